The number of phenols is 1. The van der Waals surface area contributed by atoms with Crippen molar-refractivity contribution in [3.63, 3.8) is 0 Å². The van der Waals surface area contributed by atoms with Crippen LogP contribution in [0.3, 0.4) is 0 Å². The highest BCUT2D eigenvalue weighted by Gasteiger charge is 2.23. The number of hydrogen-bond donors (Lipinski definition) is 2. The molecular weight excluding hydrogens is 264 g/mol. The van der Waals surface area contributed by atoms with Crippen LogP contribution in [0.1, 0.15) is 11.1 Å². The zero-order valence-electron chi connectivity index (χ0n) is 11.7. The van der Waals surface area contributed by atoms with Crippen LogP contribution >= 0.6 is 0 Å². The first kappa shape index (κ1) is 13.5. The van der Waals surface area contributed by atoms with Gasteiger partial charge in [0.15, 0.2) is 0 Å². The predicted octanol–water partition coefficient (Wildman–Crippen LogP) is 2.71. The van der Waals surface area contributed by atoms with E-state index in [-0.39, 0.29) is 11.8 Å². The minimum atomic E-state index is -0.0555. The van der Waals surface area contributed by atoms with Crippen LogP contribution in [0.15, 0.2) is 48.5 Å². The number of nitrogens with zero attached hydrogens (tertiary/aromatic N) is 1. The number of anilines is 1. The Kier molecular flexibility index (Phi) is 3.77. The Bertz CT molecular complexity index is 655. The summed E-state index contributed by atoms with van der Waals surface area (Å²) in [5.74, 6) is 0.257. The van der Waals surface area contributed by atoms with Gasteiger partial charge >= 0.3 is 6.03 Å². The highest BCUT2D eigenvalue weighted by atomic mass is 16.3. The van der Waals surface area contributed by atoms with Crippen molar-refractivity contribution in [2.45, 2.75) is 12.8 Å². The molecule has 1 aliphatic heterocycles. The fourth-order valence-electron chi connectivity index (χ4n) is 2.67. The number of nitrogens with one attached hydrogen (secondary N) is 1. The Morgan fingerprint density at radius 3 is 2.90 bits per heavy atom. The maximum absolute atomic E-state index is 12.2. The van der Waals surface area contributed by atoms with E-state index in [1.54, 1.807) is 17.0 Å². The third-order valence-corrected chi connectivity index (χ3v) is 3.73. The molecule has 3 rings (SSSR count). The maximum atomic E-state index is 12.2. The number of hydrogen-bond acceptors (Lipinski definition) is 2. The second-order valence-electron chi connectivity index (χ2n) is 5.18. The molecule has 2 aromatic carbocycles. The molecule has 0 atom stereocenters. The van der Waals surface area contributed by atoms with Crippen LogP contribution in [0.4, 0.5) is 10.5 Å². The van der Waals surface area contributed by atoms with Crippen molar-refractivity contribution >= 4 is 11.7 Å². The van der Waals surface area contributed by atoms with E-state index in [9.17, 15) is 9.90 Å². The van der Waals surface area contributed by atoms with Crippen molar-refractivity contribution in [1.29, 1.82) is 0 Å². The van der Waals surface area contributed by atoms with Gasteiger partial charge in [0.2, 0.25) is 0 Å². The van der Waals surface area contributed by atoms with Gasteiger partial charge in [0.1, 0.15) is 5.75 Å². The molecule has 0 saturated heterocycles. The van der Waals surface area contributed by atoms with Crippen molar-refractivity contribution in [2.24, 2.45) is 0 Å². The van der Waals surface area contributed by atoms with Crippen molar-refractivity contribution in [1.82, 2.24) is 5.32 Å². The number of para-hydroxylation sites is 1. The second-order valence-corrected chi connectivity index (χ2v) is 5.18. The Morgan fingerprint density at radius 2 is 2.05 bits per heavy atom. The number of carbonyl (C=O) groups is 1. The van der Waals surface area contributed by atoms with Crippen LogP contribution in [0.5, 0.6) is 5.75 Å². The minimum Gasteiger partial charge on any atom is -0.508 e. The number of aromatic hydroxyl groups is 1. The molecule has 1 aliphatic rings. The summed E-state index contributed by atoms with van der Waals surface area (Å²) in [7, 11) is 0. The number of carbonyl (C=O) groups excluding carboxylic acids is 1. The summed E-state index contributed by atoms with van der Waals surface area (Å²) < 4.78 is 0. The van der Waals surface area contributed by atoms with Gasteiger partial charge in [-0.25, -0.2) is 4.79 Å². The van der Waals surface area contributed by atoms with Crippen molar-refractivity contribution < 1.29 is 9.90 Å². The van der Waals surface area contributed by atoms with Crippen molar-refractivity contribution in [3.05, 3.63) is 59.7 Å². The van der Waals surface area contributed by atoms with E-state index < -0.39 is 0 Å². The largest absolute Gasteiger partial charge is 0.508 e. The molecule has 0 spiro atoms. The quantitative estimate of drug-likeness (QED) is 0.909. The van der Waals surface area contributed by atoms with Crippen LogP contribution in [-0.4, -0.2) is 24.2 Å². The fraction of sp³-hybridized carbons (Fsp3) is 0.235. The van der Waals surface area contributed by atoms with Gasteiger partial charge in [-0.05, 0) is 42.2 Å². The van der Waals surface area contributed by atoms with E-state index in [1.807, 2.05) is 30.3 Å². The lowest BCUT2D eigenvalue weighted by Gasteiger charge is -2.18. The maximum Gasteiger partial charge on any atom is 0.321 e. The number of amides is 2. The highest BCUT2D eigenvalue weighted by molar-refractivity contribution is 5.94. The highest BCUT2D eigenvalue weighted by Crippen LogP contribution is 2.27. The SMILES string of the molecule is O=C(NCCc1cccc(O)c1)N1CCc2ccccc21. The topological polar surface area (TPSA) is 52.6 Å². The molecule has 1 heterocycles. The predicted molar refractivity (Wildman–Crippen MR) is 82.7 cm³/mol. The van der Waals surface area contributed by atoms with Crippen molar-refractivity contribution in [3.8, 4) is 5.75 Å². The summed E-state index contributed by atoms with van der Waals surface area (Å²) >= 11 is 0. The zero-order chi connectivity index (χ0) is 14.7. The van der Waals surface area contributed by atoms with Gasteiger partial charge in [0, 0.05) is 18.8 Å². The standard InChI is InChI=1S/C17H18N2O2/c20-15-6-3-4-13(12-15)8-10-18-17(21)19-11-9-14-5-1-2-7-16(14)19/h1-7,12,20H,8-11H2,(H,18,21). The molecule has 4 nitrogen and oxygen atoms in total. The van der Waals surface area contributed by atoms with E-state index in [0.29, 0.717) is 13.0 Å². The third-order valence-electron chi connectivity index (χ3n) is 3.73. The van der Waals surface area contributed by atoms with Gasteiger partial charge in [-0.3, -0.25) is 4.90 Å². The van der Waals surface area contributed by atoms with E-state index >= 15 is 0 Å². The summed E-state index contributed by atoms with van der Waals surface area (Å²) in [5, 5.41) is 12.3. The van der Waals surface area contributed by atoms with Crippen LogP contribution in [0.25, 0.3) is 0 Å². The van der Waals surface area contributed by atoms with E-state index in [0.717, 1.165) is 24.2 Å². The molecule has 0 aliphatic carbocycles. The van der Waals surface area contributed by atoms with Crippen LogP contribution in [-0.2, 0) is 12.8 Å². The summed E-state index contributed by atoms with van der Waals surface area (Å²) in [5.41, 5.74) is 3.24. The molecule has 0 saturated carbocycles. The lowest BCUT2D eigenvalue weighted by Crippen LogP contribution is -2.39. The average Bonchev–Trinajstić information content (AvgIpc) is 2.91. The van der Waals surface area contributed by atoms with Crippen molar-refractivity contribution in [2.75, 3.05) is 18.0 Å². The van der Waals surface area contributed by atoms with Crippen LogP contribution in [0, 0.1) is 0 Å². The molecular formula is C17H18N2O2. The summed E-state index contributed by atoms with van der Waals surface area (Å²) in [6.07, 6.45) is 1.62. The van der Waals surface area contributed by atoms with Crippen LogP contribution in [0.2, 0.25) is 0 Å². The molecule has 0 bridgehead atoms. The molecule has 0 radical (unpaired) electrons. The summed E-state index contributed by atoms with van der Waals surface area (Å²) in [4.78, 5) is 14.0. The Morgan fingerprint density at radius 1 is 1.19 bits per heavy atom. The lowest BCUT2D eigenvalue weighted by atomic mass is 10.1. The minimum absolute atomic E-state index is 0.0555. The van der Waals surface area contributed by atoms with Gasteiger partial charge in [0.25, 0.3) is 0 Å². The molecule has 2 aromatic rings. The number of phenolic OH excluding ortho intramolecular Hbond substituents is 1. The lowest BCUT2D eigenvalue weighted by molar-refractivity contribution is 0.247. The number of benzene rings is 2. The van der Waals surface area contributed by atoms with Gasteiger partial charge in [-0.15, -0.1) is 0 Å². The molecule has 0 aromatic heterocycles. The zero-order valence-corrected chi connectivity index (χ0v) is 11.7. The van der Waals surface area contributed by atoms with Gasteiger partial charge in [0.05, 0.1) is 0 Å². The first-order valence-corrected chi connectivity index (χ1v) is 7.15. The van der Waals surface area contributed by atoms with Crippen LogP contribution < -0.4 is 10.2 Å². The fourth-order valence-corrected chi connectivity index (χ4v) is 2.67. The van der Waals surface area contributed by atoms with Gasteiger partial charge < -0.3 is 10.4 Å². The second kappa shape index (κ2) is 5.87. The first-order chi connectivity index (χ1) is 10.2. The molecule has 0 fully saturated rings. The summed E-state index contributed by atoms with van der Waals surface area (Å²) in [6.45, 7) is 1.29. The molecule has 4 heteroatoms. The average molecular weight is 282 g/mol. The van der Waals surface area contributed by atoms with Gasteiger partial charge in [-0.1, -0.05) is 30.3 Å². The van der Waals surface area contributed by atoms with E-state index in [1.165, 1.54) is 5.56 Å². The molecule has 108 valence electrons. The normalized spacial score (nSPS) is 13.0. The monoisotopic (exact) mass is 282 g/mol. The van der Waals surface area contributed by atoms with Gasteiger partial charge in [-0.2, -0.15) is 0 Å². The molecule has 0 unspecified atom stereocenters. The first-order valence-electron chi connectivity index (χ1n) is 7.15. The summed E-state index contributed by atoms with van der Waals surface area (Å²) in [6, 6.07) is 15.1. The number of urea groups is 1. The molecule has 21 heavy (non-hydrogen) atoms. The smallest absolute Gasteiger partial charge is 0.321 e. The molecule has 2 amide bonds. The van der Waals surface area contributed by atoms with E-state index in [4.69, 9.17) is 0 Å². The Labute approximate surface area is 124 Å². The number of fused-ring (bicyclic) bond motifs is 1. The Balaban J connectivity index is 1.56. The molecule has 2 N–H and O–H groups in total. The number of rotatable bonds is 3. The Hall–Kier alpha value is -2.49. The van der Waals surface area contributed by atoms with E-state index in [2.05, 4.69) is 11.4 Å². The third kappa shape index (κ3) is 2.99.